The molecular formula is C29H32N4O2. The molecule has 0 atom stereocenters. The molecule has 3 aromatic carbocycles. The van der Waals surface area contributed by atoms with E-state index in [0.717, 1.165) is 61.6 Å². The van der Waals surface area contributed by atoms with Gasteiger partial charge in [0.05, 0.1) is 30.3 Å². The first-order chi connectivity index (χ1) is 17.3. The van der Waals surface area contributed by atoms with E-state index < -0.39 is 0 Å². The highest BCUT2D eigenvalue weighted by molar-refractivity contribution is 5.83. The lowest BCUT2D eigenvalue weighted by Gasteiger charge is -2.36. The molecule has 6 heteroatoms. The fraction of sp³-hybridized carbons (Fsp3) is 0.310. The Morgan fingerprint density at radius 2 is 1.54 bits per heavy atom. The second kappa shape index (κ2) is 11.2. The van der Waals surface area contributed by atoms with Crippen molar-refractivity contribution in [3.63, 3.8) is 0 Å². The molecule has 0 saturated carbocycles. The number of nitrogens with zero attached hydrogens (tertiary/aromatic N) is 4. The molecule has 1 fully saturated rings. The van der Waals surface area contributed by atoms with E-state index in [1.807, 2.05) is 54.6 Å². The van der Waals surface area contributed by atoms with Crippen molar-refractivity contribution in [3.05, 3.63) is 90.3 Å². The Hall–Kier alpha value is -3.64. The molecule has 4 aromatic rings. The van der Waals surface area contributed by atoms with Crippen LogP contribution in [0.5, 0.6) is 11.6 Å². The average Bonchev–Trinajstić information content (AvgIpc) is 2.92. The number of piperazine rings is 1. The monoisotopic (exact) mass is 468 g/mol. The van der Waals surface area contributed by atoms with Crippen molar-refractivity contribution in [2.24, 2.45) is 0 Å². The van der Waals surface area contributed by atoms with Crippen LogP contribution in [-0.2, 0) is 6.42 Å². The van der Waals surface area contributed by atoms with E-state index in [4.69, 9.17) is 19.4 Å². The lowest BCUT2D eigenvalue weighted by Crippen LogP contribution is -2.46. The summed E-state index contributed by atoms with van der Waals surface area (Å²) < 4.78 is 11.7. The highest BCUT2D eigenvalue weighted by atomic mass is 16.5. The quantitative estimate of drug-likeness (QED) is 0.328. The van der Waals surface area contributed by atoms with Crippen LogP contribution in [0.1, 0.15) is 17.8 Å². The summed E-state index contributed by atoms with van der Waals surface area (Å²) in [5, 5.41) is 0.967. The van der Waals surface area contributed by atoms with Crippen LogP contribution in [0.3, 0.4) is 0 Å². The van der Waals surface area contributed by atoms with Gasteiger partial charge in [-0.05, 0) is 36.2 Å². The minimum atomic E-state index is 0.637. The summed E-state index contributed by atoms with van der Waals surface area (Å²) >= 11 is 0. The third-order valence-corrected chi connectivity index (χ3v) is 6.48. The van der Waals surface area contributed by atoms with Crippen molar-refractivity contribution in [2.45, 2.75) is 12.8 Å². The van der Waals surface area contributed by atoms with Gasteiger partial charge >= 0.3 is 0 Å². The largest absolute Gasteiger partial charge is 0.495 e. The Balaban J connectivity index is 1.15. The third-order valence-electron chi connectivity index (χ3n) is 6.48. The van der Waals surface area contributed by atoms with Crippen molar-refractivity contribution in [1.82, 2.24) is 14.9 Å². The van der Waals surface area contributed by atoms with Gasteiger partial charge in [-0.25, -0.2) is 4.98 Å². The van der Waals surface area contributed by atoms with E-state index in [-0.39, 0.29) is 0 Å². The maximum absolute atomic E-state index is 6.20. The van der Waals surface area contributed by atoms with Crippen molar-refractivity contribution >= 4 is 16.6 Å². The molecule has 0 bridgehead atoms. The molecule has 1 aliphatic rings. The highest BCUT2D eigenvalue weighted by Crippen LogP contribution is 2.28. The number of hydrogen-bond donors (Lipinski definition) is 0. The Bertz CT molecular complexity index is 1240. The number of hydrogen-bond acceptors (Lipinski definition) is 6. The lowest BCUT2D eigenvalue weighted by molar-refractivity contribution is 0.222. The van der Waals surface area contributed by atoms with Gasteiger partial charge in [-0.1, -0.05) is 54.6 Å². The molecule has 0 spiro atoms. The third kappa shape index (κ3) is 5.72. The van der Waals surface area contributed by atoms with E-state index in [1.165, 1.54) is 11.3 Å². The van der Waals surface area contributed by atoms with E-state index in [2.05, 4.69) is 34.1 Å². The molecule has 0 unspecified atom stereocenters. The second-order valence-electron chi connectivity index (χ2n) is 8.83. The second-order valence-corrected chi connectivity index (χ2v) is 8.83. The zero-order chi connectivity index (χ0) is 23.9. The van der Waals surface area contributed by atoms with E-state index in [9.17, 15) is 0 Å². The number of fused-ring (bicyclic) bond motifs is 1. The van der Waals surface area contributed by atoms with Crippen LogP contribution < -0.4 is 14.4 Å². The summed E-state index contributed by atoms with van der Waals surface area (Å²) in [6.45, 7) is 5.73. The fourth-order valence-corrected chi connectivity index (χ4v) is 4.62. The van der Waals surface area contributed by atoms with Gasteiger partial charge in [0.25, 0.3) is 0 Å². The highest BCUT2D eigenvalue weighted by Gasteiger charge is 2.19. The van der Waals surface area contributed by atoms with Crippen molar-refractivity contribution in [1.29, 1.82) is 0 Å². The number of para-hydroxylation sites is 3. The zero-order valence-electron chi connectivity index (χ0n) is 20.3. The molecule has 0 amide bonds. The Kier molecular flexibility index (Phi) is 7.39. The summed E-state index contributed by atoms with van der Waals surface area (Å²) in [7, 11) is 1.74. The summed E-state index contributed by atoms with van der Waals surface area (Å²) in [5.41, 5.74) is 3.30. The first-order valence-corrected chi connectivity index (χ1v) is 12.3. The Morgan fingerprint density at radius 1 is 0.800 bits per heavy atom. The number of aromatic nitrogens is 2. The predicted molar refractivity (Wildman–Crippen MR) is 141 cm³/mol. The van der Waals surface area contributed by atoms with E-state index >= 15 is 0 Å². The molecule has 180 valence electrons. The molecule has 2 heterocycles. The molecule has 6 nitrogen and oxygen atoms in total. The van der Waals surface area contributed by atoms with Gasteiger partial charge in [-0.3, -0.25) is 4.90 Å². The van der Waals surface area contributed by atoms with Crippen LogP contribution in [0.2, 0.25) is 0 Å². The molecule has 5 rings (SSSR count). The molecular weight excluding hydrogens is 436 g/mol. The van der Waals surface area contributed by atoms with E-state index in [0.29, 0.717) is 18.9 Å². The number of rotatable bonds is 9. The number of anilines is 1. The first kappa shape index (κ1) is 23.1. The van der Waals surface area contributed by atoms with Crippen LogP contribution in [0.15, 0.2) is 78.9 Å². The van der Waals surface area contributed by atoms with Gasteiger partial charge in [0.1, 0.15) is 11.6 Å². The Labute approximate surface area is 207 Å². The summed E-state index contributed by atoms with van der Waals surface area (Å²) in [4.78, 5) is 14.5. The van der Waals surface area contributed by atoms with Gasteiger partial charge in [-0.15, -0.1) is 0 Å². The molecule has 0 radical (unpaired) electrons. The maximum atomic E-state index is 6.20. The first-order valence-electron chi connectivity index (χ1n) is 12.3. The Morgan fingerprint density at radius 3 is 2.37 bits per heavy atom. The van der Waals surface area contributed by atoms with Crippen molar-refractivity contribution in [3.8, 4) is 11.6 Å². The standard InChI is InChI=1S/C29H32N4O2/c1-34-27-15-8-7-14-26(27)33-19-17-32(18-20-33)16-9-21-35-29-24-12-5-6-13-25(24)30-28(31-29)22-23-10-3-2-4-11-23/h2-8,10-15H,9,16-22H2,1H3. The summed E-state index contributed by atoms with van der Waals surface area (Å²) in [6, 6.07) is 26.7. The average molecular weight is 469 g/mol. The molecule has 1 aromatic heterocycles. The summed E-state index contributed by atoms with van der Waals surface area (Å²) in [6.07, 6.45) is 1.65. The van der Waals surface area contributed by atoms with Crippen molar-refractivity contribution in [2.75, 3.05) is 51.3 Å². The minimum absolute atomic E-state index is 0.637. The van der Waals surface area contributed by atoms with Gasteiger partial charge in [0.2, 0.25) is 5.88 Å². The van der Waals surface area contributed by atoms with Crippen LogP contribution in [0.4, 0.5) is 5.69 Å². The smallest absolute Gasteiger partial charge is 0.224 e. The minimum Gasteiger partial charge on any atom is -0.495 e. The lowest BCUT2D eigenvalue weighted by atomic mass is 10.1. The number of benzene rings is 3. The number of methoxy groups -OCH3 is 1. The van der Waals surface area contributed by atoms with Gasteiger partial charge in [0.15, 0.2) is 0 Å². The van der Waals surface area contributed by atoms with Gasteiger partial charge < -0.3 is 14.4 Å². The van der Waals surface area contributed by atoms with Crippen LogP contribution in [-0.4, -0.2) is 61.3 Å². The molecule has 35 heavy (non-hydrogen) atoms. The number of ether oxygens (including phenoxy) is 2. The zero-order valence-corrected chi connectivity index (χ0v) is 20.3. The maximum Gasteiger partial charge on any atom is 0.224 e. The molecule has 0 aliphatic carbocycles. The van der Waals surface area contributed by atoms with Gasteiger partial charge in [-0.2, -0.15) is 4.98 Å². The molecule has 1 aliphatic heterocycles. The fourth-order valence-electron chi connectivity index (χ4n) is 4.62. The van der Waals surface area contributed by atoms with Crippen LogP contribution >= 0.6 is 0 Å². The van der Waals surface area contributed by atoms with Crippen LogP contribution in [0.25, 0.3) is 10.9 Å². The normalized spacial score (nSPS) is 14.3. The SMILES string of the molecule is COc1ccccc1N1CCN(CCCOc2nc(Cc3ccccc3)nc3ccccc23)CC1. The van der Waals surface area contributed by atoms with Gasteiger partial charge in [0, 0.05) is 39.1 Å². The molecule has 1 saturated heterocycles. The predicted octanol–water partition coefficient (Wildman–Crippen LogP) is 4.82. The summed E-state index contributed by atoms with van der Waals surface area (Å²) in [5.74, 6) is 2.41. The van der Waals surface area contributed by atoms with E-state index in [1.54, 1.807) is 7.11 Å². The topological polar surface area (TPSA) is 50.7 Å². The van der Waals surface area contributed by atoms with Crippen LogP contribution in [0, 0.1) is 0 Å². The molecule has 0 N–H and O–H groups in total. The van der Waals surface area contributed by atoms with Crippen molar-refractivity contribution < 1.29 is 9.47 Å².